The second-order valence-corrected chi connectivity index (χ2v) is 5.79. The van der Waals surface area contributed by atoms with Crippen LogP contribution in [-0.4, -0.2) is 18.0 Å². The van der Waals surface area contributed by atoms with Gasteiger partial charge in [0.05, 0.1) is 12.0 Å². The average Bonchev–Trinajstić information content (AvgIpc) is 2.98. The van der Waals surface area contributed by atoms with Crippen molar-refractivity contribution in [2.45, 2.75) is 18.9 Å². The molecule has 1 aliphatic rings. The molecule has 3 rings (SSSR count). The number of hydrogen-bond donors (Lipinski definition) is 0. The Labute approximate surface area is 126 Å². The Morgan fingerprint density at radius 2 is 1.71 bits per heavy atom. The SMILES string of the molecule is N#CC(c1ccccc1)C1CCN(Cc2ccccc2)C1. The molecule has 0 bridgehead atoms. The molecule has 2 unspecified atom stereocenters. The molecule has 0 saturated carbocycles. The summed E-state index contributed by atoms with van der Waals surface area (Å²) in [5, 5.41) is 9.55. The van der Waals surface area contributed by atoms with Crippen molar-refractivity contribution in [2.75, 3.05) is 13.1 Å². The van der Waals surface area contributed by atoms with Gasteiger partial charge in [0, 0.05) is 13.1 Å². The Morgan fingerprint density at radius 3 is 2.38 bits per heavy atom. The summed E-state index contributed by atoms with van der Waals surface area (Å²) in [6, 6.07) is 23.3. The zero-order valence-electron chi connectivity index (χ0n) is 12.2. The first-order valence-electron chi connectivity index (χ1n) is 7.57. The van der Waals surface area contributed by atoms with Gasteiger partial charge < -0.3 is 0 Å². The van der Waals surface area contributed by atoms with E-state index in [1.165, 1.54) is 5.56 Å². The second-order valence-electron chi connectivity index (χ2n) is 5.79. The third-order valence-corrected chi connectivity index (χ3v) is 4.33. The lowest BCUT2D eigenvalue weighted by Crippen LogP contribution is -2.22. The fraction of sp³-hybridized carbons (Fsp3) is 0.316. The van der Waals surface area contributed by atoms with E-state index in [9.17, 15) is 5.26 Å². The van der Waals surface area contributed by atoms with Crippen molar-refractivity contribution < 1.29 is 0 Å². The minimum Gasteiger partial charge on any atom is -0.299 e. The third-order valence-electron chi connectivity index (χ3n) is 4.33. The predicted octanol–water partition coefficient (Wildman–Crippen LogP) is 3.82. The van der Waals surface area contributed by atoms with Crippen LogP contribution in [0.15, 0.2) is 60.7 Å². The summed E-state index contributed by atoms with van der Waals surface area (Å²) in [6.45, 7) is 3.09. The molecule has 21 heavy (non-hydrogen) atoms. The van der Waals surface area contributed by atoms with Gasteiger partial charge in [0.2, 0.25) is 0 Å². The van der Waals surface area contributed by atoms with Gasteiger partial charge in [0.15, 0.2) is 0 Å². The zero-order chi connectivity index (χ0) is 14.5. The maximum Gasteiger partial charge on any atom is 0.0753 e. The fourth-order valence-corrected chi connectivity index (χ4v) is 3.23. The molecule has 1 heterocycles. The van der Waals surface area contributed by atoms with Gasteiger partial charge in [-0.25, -0.2) is 0 Å². The molecule has 0 aromatic heterocycles. The van der Waals surface area contributed by atoms with Crippen molar-refractivity contribution in [1.82, 2.24) is 4.90 Å². The van der Waals surface area contributed by atoms with Crippen LogP contribution in [0.2, 0.25) is 0 Å². The molecule has 1 aliphatic heterocycles. The van der Waals surface area contributed by atoms with E-state index in [1.54, 1.807) is 0 Å². The summed E-state index contributed by atoms with van der Waals surface area (Å²) in [5.74, 6) is 0.466. The van der Waals surface area contributed by atoms with Crippen LogP contribution in [0, 0.1) is 17.2 Å². The van der Waals surface area contributed by atoms with Crippen molar-refractivity contribution in [2.24, 2.45) is 5.92 Å². The molecule has 0 aliphatic carbocycles. The van der Waals surface area contributed by atoms with Gasteiger partial charge in [-0.1, -0.05) is 60.7 Å². The molecule has 0 radical (unpaired) electrons. The quantitative estimate of drug-likeness (QED) is 0.849. The van der Waals surface area contributed by atoms with E-state index in [2.05, 4.69) is 53.4 Å². The van der Waals surface area contributed by atoms with Gasteiger partial charge in [0.25, 0.3) is 0 Å². The molecule has 1 saturated heterocycles. The van der Waals surface area contributed by atoms with E-state index < -0.39 is 0 Å². The molecule has 0 N–H and O–H groups in total. The van der Waals surface area contributed by atoms with E-state index in [4.69, 9.17) is 0 Å². The van der Waals surface area contributed by atoms with Gasteiger partial charge in [-0.2, -0.15) is 5.26 Å². The van der Waals surface area contributed by atoms with Crippen LogP contribution in [0.25, 0.3) is 0 Å². The monoisotopic (exact) mass is 276 g/mol. The molecule has 2 aromatic rings. The Hall–Kier alpha value is -2.11. The Balaban J connectivity index is 1.65. The molecular weight excluding hydrogens is 256 g/mol. The van der Waals surface area contributed by atoms with Crippen molar-refractivity contribution >= 4 is 0 Å². The number of nitrogens with zero attached hydrogens (tertiary/aromatic N) is 2. The summed E-state index contributed by atoms with van der Waals surface area (Å²) in [4.78, 5) is 2.47. The van der Waals surface area contributed by atoms with Crippen molar-refractivity contribution in [1.29, 1.82) is 5.26 Å². The fourth-order valence-electron chi connectivity index (χ4n) is 3.23. The number of rotatable bonds is 4. The summed E-state index contributed by atoms with van der Waals surface area (Å²) in [7, 11) is 0. The highest BCUT2D eigenvalue weighted by molar-refractivity contribution is 5.26. The molecule has 0 spiro atoms. The van der Waals surface area contributed by atoms with Crippen LogP contribution >= 0.6 is 0 Å². The smallest absolute Gasteiger partial charge is 0.0753 e. The molecule has 2 atom stereocenters. The first-order chi connectivity index (χ1) is 10.4. The zero-order valence-corrected chi connectivity index (χ0v) is 12.2. The average molecular weight is 276 g/mol. The molecule has 0 amide bonds. The second kappa shape index (κ2) is 6.56. The maximum absolute atomic E-state index is 9.55. The molecule has 2 nitrogen and oxygen atoms in total. The Bertz CT molecular complexity index is 600. The van der Waals surface area contributed by atoms with Crippen LogP contribution in [0.1, 0.15) is 23.5 Å². The van der Waals surface area contributed by atoms with Crippen molar-refractivity contribution in [3.8, 4) is 6.07 Å². The van der Waals surface area contributed by atoms with Crippen LogP contribution < -0.4 is 0 Å². The topological polar surface area (TPSA) is 27.0 Å². The van der Waals surface area contributed by atoms with Gasteiger partial charge in [0.1, 0.15) is 0 Å². The van der Waals surface area contributed by atoms with Crippen LogP contribution in [0.5, 0.6) is 0 Å². The summed E-state index contributed by atoms with van der Waals surface area (Å²) in [5.41, 5.74) is 2.51. The highest BCUT2D eigenvalue weighted by atomic mass is 15.1. The van der Waals surface area contributed by atoms with Crippen molar-refractivity contribution in [3.05, 3.63) is 71.8 Å². The first-order valence-corrected chi connectivity index (χ1v) is 7.57. The van der Waals surface area contributed by atoms with Gasteiger partial charge in [-0.15, -0.1) is 0 Å². The first kappa shape index (κ1) is 13.9. The molecule has 1 fully saturated rings. The lowest BCUT2D eigenvalue weighted by atomic mass is 9.86. The molecule has 2 heteroatoms. The lowest BCUT2D eigenvalue weighted by molar-refractivity contribution is 0.312. The molecule has 106 valence electrons. The van der Waals surface area contributed by atoms with E-state index in [1.807, 2.05) is 18.2 Å². The van der Waals surface area contributed by atoms with Crippen LogP contribution in [0.3, 0.4) is 0 Å². The minimum absolute atomic E-state index is 0.0203. The number of nitriles is 1. The maximum atomic E-state index is 9.55. The molecular formula is C19H20N2. The largest absolute Gasteiger partial charge is 0.299 e. The van der Waals surface area contributed by atoms with E-state index in [-0.39, 0.29) is 5.92 Å². The van der Waals surface area contributed by atoms with E-state index in [0.717, 1.165) is 31.6 Å². The van der Waals surface area contributed by atoms with E-state index in [0.29, 0.717) is 5.92 Å². The Morgan fingerprint density at radius 1 is 1.05 bits per heavy atom. The minimum atomic E-state index is 0.0203. The molecule has 2 aromatic carbocycles. The number of hydrogen-bond acceptors (Lipinski definition) is 2. The normalized spacial score (nSPS) is 20.0. The standard InChI is InChI=1S/C19H20N2/c20-13-19(17-9-5-2-6-10-17)18-11-12-21(15-18)14-16-7-3-1-4-8-16/h1-10,18-19H,11-12,14-15H2. The third kappa shape index (κ3) is 3.32. The highest BCUT2D eigenvalue weighted by Gasteiger charge is 2.30. The Kier molecular flexibility index (Phi) is 4.33. The van der Waals surface area contributed by atoms with Crippen LogP contribution in [-0.2, 0) is 6.54 Å². The predicted molar refractivity (Wildman–Crippen MR) is 84.6 cm³/mol. The van der Waals surface area contributed by atoms with Gasteiger partial charge in [-0.05, 0) is 30.0 Å². The number of benzene rings is 2. The summed E-state index contributed by atoms with van der Waals surface area (Å²) >= 11 is 0. The highest BCUT2D eigenvalue weighted by Crippen LogP contribution is 2.32. The van der Waals surface area contributed by atoms with Gasteiger partial charge >= 0.3 is 0 Å². The lowest BCUT2D eigenvalue weighted by Gasteiger charge is -2.19. The van der Waals surface area contributed by atoms with Crippen molar-refractivity contribution in [3.63, 3.8) is 0 Å². The number of likely N-dealkylation sites (tertiary alicyclic amines) is 1. The summed E-state index contributed by atoms with van der Waals surface area (Å²) in [6.07, 6.45) is 1.11. The summed E-state index contributed by atoms with van der Waals surface area (Å²) < 4.78 is 0. The van der Waals surface area contributed by atoms with E-state index >= 15 is 0 Å². The van der Waals surface area contributed by atoms with Crippen LogP contribution in [0.4, 0.5) is 0 Å². The van der Waals surface area contributed by atoms with Gasteiger partial charge in [-0.3, -0.25) is 4.90 Å².